The van der Waals surface area contributed by atoms with Gasteiger partial charge in [-0.3, -0.25) is 9.59 Å². The predicted molar refractivity (Wildman–Crippen MR) is 107 cm³/mol. The molecule has 0 radical (unpaired) electrons. The molecule has 2 amide bonds. The molecule has 2 N–H and O–H groups in total. The Kier molecular flexibility index (Phi) is 7.51. The molecule has 7 heteroatoms. The van der Waals surface area contributed by atoms with Gasteiger partial charge in [-0.05, 0) is 42.3 Å². The van der Waals surface area contributed by atoms with E-state index >= 15 is 0 Å². The SMILES string of the molecule is COc1ccc(C(CC(=O)NC(C)c2ccc(Cl)c(Cl)c2)NC(C)=O)cc1. The van der Waals surface area contributed by atoms with Crippen molar-refractivity contribution >= 4 is 35.0 Å². The molecule has 2 rings (SSSR count). The topological polar surface area (TPSA) is 67.4 Å². The number of amides is 2. The highest BCUT2D eigenvalue weighted by Gasteiger charge is 2.19. The Morgan fingerprint density at radius 3 is 2.19 bits per heavy atom. The monoisotopic (exact) mass is 408 g/mol. The van der Waals surface area contributed by atoms with Gasteiger partial charge in [-0.25, -0.2) is 0 Å². The van der Waals surface area contributed by atoms with Gasteiger partial charge < -0.3 is 15.4 Å². The molecule has 144 valence electrons. The summed E-state index contributed by atoms with van der Waals surface area (Å²) in [6.45, 7) is 3.28. The van der Waals surface area contributed by atoms with Crippen molar-refractivity contribution in [2.75, 3.05) is 7.11 Å². The van der Waals surface area contributed by atoms with Gasteiger partial charge in [-0.1, -0.05) is 41.4 Å². The molecule has 5 nitrogen and oxygen atoms in total. The highest BCUT2D eigenvalue weighted by atomic mass is 35.5. The van der Waals surface area contributed by atoms with E-state index in [2.05, 4.69) is 10.6 Å². The molecule has 2 aromatic carbocycles. The molecular formula is C20H22Cl2N2O3. The molecule has 0 saturated carbocycles. The van der Waals surface area contributed by atoms with Crippen LogP contribution in [-0.4, -0.2) is 18.9 Å². The second kappa shape index (κ2) is 9.62. The quantitative estimate of drug-likeness (QED) is 0.710. The number of carbonyl (C=O) groups is 2. The lowest BCUT2D eigenvalue weighted by atomic mass is 10.0. The summed E-state index contributed by atoms with van der Waals surface area (Å²) in [7, 11) is 1.58. The van der Waals surface area contributed by atoms with Crippen LogP contribution in [0.3, 0.4) is 0 Å². The smallest absolute Gasteiger partial charge is 0.222 e. The maximum atomic E-state index is 12.5. The first-order valence-corrected chi connectivity index (χ1v) is 9.21. The lowest BCUT2D eigenvalue weighted by Crippen LogP contribution is -2.33. The van der Waals surface area contributed by atoms with E-state index in [1.54, 1.807) is 31.4 Å². The molecule has 2 atom stereocenters. The second-order valence-corrected chi connectivity index (χ2v) is 7.01. The maximum absolute atomic E-state index is 12.5. The van der Waals surface area contributed by atoms with Crippen LogP contribution in [0.25, 0.3) is 0 Å². The number of carbonyl (C=O) groups excluding carboxylic acids is 2. The van der Waals surface area contributed by atoms with Crippen LogP contribution >= 0.6 is 23.2 Å². The number of hydrogen-bond donors (Lipinski definition) is 2. The Morgan fingerprint density at radius 2 is 1.63 bits per heavy atom. The van der Waals surface area contributed by atoms with E-state index in [4.69, 9.17) is 27.9 Å². The highest BCUT2D eigenvalue weighted by Crippen LogP contribution is 2.26. The molecule has 2 unspecified atom stereocenters. The third kappa shape index (κ3) is 6.15. The lowest BCUT2D eigenvalue weighted by molar-refractivity contribution is -0.123. The minimum atomic E-state index is -0.436. The Hall–Kier alpha value is -2.24. The molecule has 0 aliphatic rings. The first kappa shape index (κ1) is 21.1. The highest BCUT2D eigenvalue weighted by molar-refractivity contribution is 6.42. The average molecular weight is 409 g/mol. The van der Waals surface area contributed by atoms with Crippen molar-refractivity contribution in [3.63, 3.8) is 0 Å². The zero-order chi connectivity index (χ0) is 20.0. The van der Waals surface area contributed by atoms with Gasteiger partial charge in [0.2, 0.25) is 11.8 Å². The van der Waals surface area contributed by atoms with E-state index in [1.807, 2.05) is 25.1 Å². The van der Waals surface area contributed by atoms with Crippen molar-refractivity contribution in [2.45, 2.75) is 32.4 Å². The van der Waals surface area contributed by atoms with Gasteiger partial charge in [0.15, 0.2) is 0 Å². The summed E-state index contributed by atoms with van der Waals surface area (Å²) < 4.78 is 5.14. The number of benzene rings is 2. The van der Waals surface area contributed by atoms with Crippen molar-refractivity contribution in [1.82, 2.24) is 10.6 Å². The van der Waals surface area contributed by atoms with Gasteiger partial charge >= 0.3 is 0 Å². The Morgan fingerprint density at radius 1 is 1.00 bits per heavy atom. The maximum Gasteiger partial charge on any atom is 0.222 e. The van der Waals surface area contributed by atoms with Crippen LogP contribution in [0.2, 0.25) is 10.0 Å². The van der Waals surface area contributed by atoms with Crippen molar-refractivity contribution in [1.29, 1.82) is 0 Å². The Bertz CT molecular complexity index is 809. The van der Waals surface area contributed by atoms with Gasteiger partial charge in [0.1, 0.15) is 5.75 Å². The second-order valence-electron chi connectivity index (χ2n) is 6.19. The van der Waals surface area contributed by atoms with E-state index in [0.29, 0.717) is 15.8 Å². The van der Waals surface area contributed by atoms with Gasteiger partial charge in [-0.2, -0.15) is 0 Å². The molecule has 2 aromatic rings. The van der Waals surface area contributed by atoms with Crippen molar-refractivity contribution in [3.8, 4) is 5.75 Å². The minimum Gasteiger partial charge on any atom is -0.497 e. The zero-order valence-electron chi connectivity index (χ0n) is 15.4. The molecule has 0 heterocycles. The van der Waals surface area contributed by atoms with E-state index in [0.717, 1.165) is 11.1 Å². The molecule has 0 fully saturated rings. The standard InChI is InChI=1S/C20H22Cl2N2O3/c1-12(15-6-9-17(21)18(22)10-15)23-20(26)11-19(24-13(2)25)14-4-7-16(27-3)8-5-14/h4-10,12,19H,11H2,1-3H3,(H,23,26)(H,24,25). The summed E-state index contributed by atoms with van der Waals surface area (Å²) in [6, 6.07) is 11.8. The lowest BCUT2D eigenvalue weighted by Gasteiger charge is -2.20. The molecule has 0 bridgehead atoms. The molecular weight excluding hydrogens is 387 g/mol. The number of ether oxygens (including phenoxy) is 1. The van der Waals surface area contributed by atoms with E-state index in [-0.39, 0.29) is 24.3 Å². The van der Waals surface area contributed by atoms with E-state index in [9.17, 15) is 9.59 Å². The number of methoxy groups -OCH3 is 1. The fourth-order valence-electron chi connectivity index (χ4n) is 2.68. The largest absolute Gasteiger partial charge is 0.497 e. The molecule has 0 aliphatic heterocycles. The van der Waals surface area contributed by atoms with Crippen LogP contribution < -0.4 is 15.4 Å². The van der Waals surface area contributed by atoms with E-state index in [1.165, 1.54) is 6.92 Å². The number of hydrogen-bond acceptors (Lipinski definition) is 3. The summed E-state index contributed by atoms with van der Waals surface area (Å²) in [6.07, 6.45) is 0.109. The minimum absolute atomic E-state index is 0.109. The van der Waals surface area contributed by atoms with Crippen molar-refractivity contribution in [2.24, 2.45) is 0 Å². The number of nitrogens with one attached hydrogen (secondary N) is 2. The van der Waals surface area contributed by atoms with Gasteiger partial charge in [0.25, 0.3) is 0 Å². The molecule has 0 spiro atoms. The van der Waals surface area contributed by atoms with Gasteiger partial charge in [0.05, 0.1) is 35.7 Å². The zero-order valence-corrected chi connectivity index (χ0v) is 16.9. The van der Waals surface area contributed by atoms with E-state index < -0.39 is 6.04 Å². The summed E-state index contributed by atoms with van der Waals surface area (Å²) in [5, 5.41) is 6.63. The van der Waals surface area contributed by atoms with Gasteiger partial charge in [-0.15, -0.1) is 0 Å². The Balaban J connectivity index is 2.07. The Labute approximate surface area is 169 Å². The first-order chi connectivity index (χ1) is 12.8. The van der Waals surface area contributed by atoms with Crippen LogP contribution in [0.1, 0.15) is 43.5 Å². The number of rotatable bonds is 7. The number of halogens is 2. The molecule has 27 heavy (non-hydrogen) atoms. The normalized spacial score (nSPS) is 12.8. The van der Waals surface area contributed by atoms with Crippen LogP contribution in [0, 0.1) is 0 Å². The summed E-state index contributed by atoms with van der Waals surface area (Å²) in [5.41, 5.74) is 1.67. The van der Waals surface area contributed by atoms with Crippen molar-refractivity contribution in [3.05, 3.63) is 63.6 Å². The van der Waals surface area contributed by atoms with Crippen LogP contribution in [0.5, 0.6) is 5.75 Å². The third-order valence-corrected chi connectivity index (χ3v) is 4.85. The summed E-state index contributed by atoms with van der Waals surface area (Å²) >= 11 is 12.0. The first-order valence-electron chi connectivity index (χ1n) is 8.45. The van der Waals surface area contributed by atoms with Gasteiger partial charge in [0, 0.05) is 6.92 Å². The van der Waals surface area contributed by atoms with Crippen LogP contribution in [0.15, 0.2) is 42.5 Å². The third-order valence-electron chi connectivity index (χ3n) is 4.11. The molecule has 0 aromatic heterocycles. The summed E-state index contributed by atoms with van der Waals surface area (Å²) in [4.78, 5) is 24.1. The predicted octanol–water partition coefficient (Wildman–Crippen LogP) is 4.45. The summed E-state index contributed by atoms with van der Waals surface area (Å²) in [5.74, 6) is 0.308. The van der Waals surface area contributed by atoms with Crippen LogP contribution in [-0.2, 0) is 9.59 Å². The fourth-order valence-corrected chi connectivity index (χ4v) is 2.99. The average Bonchev–Trinajstić information content (AvgIpc) is 2.63. The van der Waals surface area contributed by atoms with Crippen LogP contribution in [0.4, 0.5) is 0 Å². The molecule has 0 aliphatic carbocycles. The van der Waals surface area contributed by atoms with Crippen molar-refractivity contribution < 1.29 is 14.3 Å². The molecule has 0 saturated heterocycles. The fraction of sp³-hybridized carbons (Fsp3) is 0.300.